The Balaban J connectivity index is 3.60. The maximum Gasteiger partial charge on any atom is 0.0469 e. The first-order valence-corrected chi connectivity index (χ1v) is 5.28. The van der Waals surface area contributed by atoms with Crippen LogP contribution < -0.4 is 11.1 Å². The maximum absolute atomic E-state index is 5.60. The van der Waals surface area contributed by atoms with E-state index >= 15 is 0 Å². The topological polar surface area (TPSA) is 38.0 Å². The first kappa shape index (κ1) is 10.8. The zero-order chi connectivity index (χ0) is 8.69. The van der Waals surface area contributed by atoms with Crippen LogP contribution in [0.1, 0.15) is 13.3 Å². The second kappa shape index (κ2) is 6.55. The molecule has 0 bridgehead atoms. The summed E-state index contributed by atoms with van der Waals surface area (Å²) in [4.78, 5) is 0. The van der Waals surface area contributed by atoms with E-state index in [0.717, 1.165) is 24.4 Å². The van der Waals surface area contributed by atoms with Crippen molar-refractivity contribution in [1.82, 2.24) is 5.32 Å². The van der Waals surface area contributed by atoms with Crippen LogP contribution in [0.25, 0.3) is 0 Å². The summed E-state index contributed by atoms with van der Waals surface area (Å²) < 4.78 is 0. The van der Waals surface area contributed by atoms with Crippen molar-refractivity contribution in [3.63, 3.8) is 0 Å². The minimum absolute atomic E-state index is 0.299. The Morgan fingerprint density at radius 2 is 2.36 bits per heavy atom. The maximum atomic E-state index is 5.60. The van der Waals surface area contributed by atoms with Crippen LogP contribution in [0.2, 0.25) is 0 Å². The van der Waals surface area contributed by atoms with Crippen LogP contribution in [0.3, 0.4) is 0 Å². The lowest BCUT2D eigenvalue weighted by Crippen LogP contribution is -2.34. The minimum Gasteiger partial charge on any atom is -0.401 e. The fraction of sp³-hybridized carbons (Fsp3) is 0.750. The Hall–Kier alpha value is -0.150. The third kappa shape index (κ3) is 5.16. The smallest absolute Gasteiger partial charge is 0.0469 e. The average molecular weight is 174 g/mol. The van der Waals surface area contributed by atoms with Gasteiger partial charge in [-0.05, 0) is 25.0 Å². The molecule has 0 aliphatic carbocycles. The molecule has 0 aromatic rings. The van der Waals surface area contributed by atoms with Gasteiger partial charge in [-0.15, -0.1) is 0 Å². The van der Waals surface area contributed by atoms with E-state index in [1.807, 2.05) is 11.8 Å². The van der Waals surface area contributed by atoms with Gasteiger partial charge in [0.25, 0.3) is 0 Å². The molecule has 0 rings (SSSR count). The summed E-state index contributed by atoms with van der Waals surface area (Å²) in [6.07, 6.45) is 3.17. The summed E-state index contributed by atoms with van der Waals surface area (Å²) in [5.74, 6) is 1.13. The molecule has 0 radical (unpaired) electrons. The van der Waals surface area contributed by atoms with Crippen LogP contribution in [-0.2, 0) is 0 Å². The van der Waals surface area contributed by atoms with Gasteiger partial charge in [-0.2, -0.15) is 11.8 Å². The molecular formula is C8H18N2S. The van der Waals surface area contributed by atoms with Crippen molar-refractivity contribution in [2.24, 2.45) is 5.73 Å². The van der Waals surface area contributed by atoms with Crippen molar-refractivity contribution in [3.8, 4) is 0 Å². The number of nitrogens with one attached hydrogen (secondary N) is 1. The number of likely N-dealkylation sites (N-methyl/N-ethyl adjacent to an activating group) is 1. The molecule has 0 aromatic carbocycles. The molecule has 0 aromatic heterocycles. The summed E-state index contributed by atoms with van der Waals surface area (Å²) >= 11 is 1.84. The Morgan fingerprint density at radius 1 is 1.73 bits per heavy atom. The minimum atomic E-state index is 0.299. The molecule has 3 N–H and O–H groups in total. The van der Waals surface area contributed by atoms with Crippen LogP contribution in [0.15, 0.2) is 12.3 Å². The number of nitrogens with two attached hydrogens (primary N) is 1. The lowest BCUT2D eigenvalue weighted by molar-refractivity contribution is 0.574. The largest absolute Gasteiger partial charge is 0.401 e. The van der Waals surface area contributed by atoms with Gasteiger partial charge in [-0.25, -0.2) is 0 Å². The molecule has 0 saturated carbocycles. The van der Waals surface area contributed by atoms with Crippen molar-refractivity contribution < 1.29 is 0 Å². The first-order valence-electron chi connectivity index (χ1n) is 3.89. The van der Waals surface area contributed by atoms with E-state index in [1.54, 1.807) is 0 Å². The molecule has 3 heteroatoms. The Bertz CT molecular complexity index is 115. The molecule has 1 atom stereocenters. The molecule has 2 nitrogen and oxygen atoms in total. The van der Waals surface area contributed by atoms with Gasteiger partial charge in [0.1, 0.15) is 0 Å². The van der Waals surface area contributed by atoms with Gasteiger partial charge >= 0.3 is 0 Å². The van der Waals surface area contributed by atoms with E-state index in [2.05, 4.69) is 25.1 Å². The van der Waals surface area contributed by atoms with Crippen LogP contribution in [0, 0.1) is 0 Å². The number of hydrogen-bond donors (Lipinski definition) is 2. The van der Waals surface area contributed by atoms with Gasteiger partial charge < -0.3 is 11.1 Å². The van der Waals surface area contributed by atoms with Gasteiger partial charge in [-0.1, -0.05) is 13.5 Å². The van der Waals surface area contributed by atoms with Gasteiger partial charge in [0, 0.05) is 11.7 Å². The SMILES string of the molecule is C=C(N)[C@H](CCSC)NCC. The number of thioether (sulfide) groups is 1. The van der Waals surface area contributed by atoms with Gasteiger partial charge in [0.2, 0.25) is 0 Å². The van der Waals surface area contributed by atoms with Gasteiger partial charge in [0.05, 0.1) is 0 Å². The highest BCUT2D eigenvalue weighted by atomic mass is 32.2. The Labute approximate surface area is 73.6 Å². The predicted molar refractivity (Wildman–Crippen MR) is 53.8 cm³/mol. The Kier molecular flexibility index (Phi) is 6.46. The van der Waals surface area contributed by atoms with Crippen LogP contribution in [0.4, 0.5) is 0 Å². The van der Waals surface area contributed by atoms with E-state index < -0.39 is 0 Å². The zero-order valence-corrected chi connectivity index (χ0v) is 8.21. The second-order valence-corrected chi connectivity index (χ2v) is 3.45. The fourth-order valence-corrected chi connectivity index (χ4v) is 1.37. The van der Waals surface area contributed by atoms with E-state index in [4.69, 9.17) is 5.73 Å². The summed E-state index contributed by atoms with van der Waals surface area (Å²) in [5.41, 5.74) is 6.35. The molecule has 0 unspecified atom stereocenters. The summed E-state index contributed by atoms with van der Waals surface area (Å²) in [6.45, 7) is 6.77. The normalized spacial score (nSPS) is 12.9. The van der Waals surface area contributed by atoms with E-state index in [0.29, 0.717) is 6.04 Å². The first-order chi connectivity index (χ1) is 5.22. The summed E-state index contributed by atoms with van der Waals surface area (Å²) in [5, 5.41) is 3.28. The molecule has 0 saturated heterocycles. The van der Waals surface area contributed by atoms with Crippen molar-refractivity contribution in [3.05, 3.63) is 12.3 Å². The lowest BCUT2D eigenvalue weighted by atomic mass is 10.2. The third-order valence-electron chi connectivity index (χ3n) is 1.51. The highest BCUT2D eigenvalue weighted by molar-refractivity contribution is 7.98. The zero-order valence-electron chi connectivity index (χ0n) is 7.39. The van der Waals surface area contributed by atoms with E-state index in [9.17, 15) is 0 Å². The monoisotopic (exact) mass is 174 g/mol. The summed E-state index contributed by atoms with van der Waals surface area (Å²) in [7, 11) is 0. The fourth-order valence-electron chi connectivity index (χ4n) is 0.901. The standard InChI is InChI=1S/C8H18N2S/c1-4-10-8(7(2)9)5-6-11-3/h8,10H,2,4-6,9H2,1,3H3/t8-/m0/s1. The second-order valence-electron chi connectivity index (χ2n) is 2.47. The molecule has 0 fully saturated rings. The quantitative estimate of drug-likeness (QED) is 0.635. The molecule has 0 aliphatic rings. The van der Waals surface area contributed by atoms with Crippen molar-refractivity contribution in [2.45, 2.75) is 19.4 Å². The highest BCUT2D eigenvalue weighted by Crippen LogP contribution is 2.03. The number of hydrogen-bond acceptors (Lipinski definition) is 3. The van der Waals surface area contributed by atoms with Crippen molar-refractivity contribution in [1.29, 1.82) is 0 Å². The summed E-state index contributed by atoms with van der Waals surface area (Å²) in [6, 6.07) is 0.299. The van der Waals surface area contributed by atoms with Crippen LogP contribution in [-0.4, -0.2) is 24.6 Å². The van der Waals surface area contributed by atoms with Crippen molar-refractivity contribution in [2.75, 3.05) is 18.6 Å². The van der Waals surface area contributed by atoms with Crippen LogP contribution in [0.5, 0.6) is 0 Å². The molecule has 0 amide bonds. The van der Waals surface area contributed by atoms with Gasteiger partial charge in [-0.3, -0.25) is 0 Å². The van der Waals surface area contributed by atoms with Gasteiger partial charge in [0.15, 0.2) is 0 Å². The number of rotatable bonds is 6. The molecule has 0 aliphatic heterocycles. The average Bonchev–Trinajstić information content (AvgIpc) is 1.97. The predicted octanol–water partition coefficient (Wildman–Crippen LogP) is 1.19. The molecule has 11 heavy (non-hydrogen) atoms. The molecule has 66 valence electrons. The van der Waals surface area contributed by atoms with Crippen molar-refractivity contribution >= 4 is 11.8 Å². The molecular weight excluding hydrogens is 156 g/mol. The lowest BCUT2D eigenvalue weighted by Gasteiger charge is -2.16. The van der Waals surface area contributed by atoms with Crippen LogP contribution >= 0.6 is 11.8 Å². The van der Waals surface area contributed by atoms with E-state index in [-0.39, 0.29) is 0 Å². The Morgan fingerprint density at radius 3 is 2.73 bits per heavy atom. The highest BCUT2D eigenvalue weighted by Gasteiger charge is 2.06. The molecule has 0 spiro atoms. The molecule has 0 heterocycles. The third-order valence-corrected chi connectivity index (χ3v) is 2.15. The van der Waals surface area contributed by atoms with E-state index in [1.165, 1.54) is 0 Å².